The summed E-state index contributed by atoms with van der Waals surface area (Å²) in [5.41, 5.74) is 5.07. The molecule has 3 heterocycles. The number of nitrogens with one attached hydrogen (secondary N) is 1. The lowest BCUT2D eigenvalue weighted by molar-refractivity contribution is 0.0697. The van der Waals surface area contributed by atoms with Gasteiger partial charge in [0.1, 0.15) is 5.75 Å². The van der Waals surface area contributed by atoms with E-state index in [2.05, 4.69) is 62.6 Å². The fourth-order valence-electron chi connectivity index (χ4n) is 4.53. The summed E-state index contributed by atoms with van der Waals surface area (Å²) in [5, 5.41) is 22.2. The van der Waals surface area contributed by atoms with Crippen molar-refractivity contribution in [3.63, 3.8) is 0 Å². The monoisotopic (exact) mass is 460 g/mol. The zero-order valence-corrected chi connectivity index (χ0v) is 19.0. The maximum atomic E-state index is 11.5. The molecule has 0 unspecified atom stereocenters. The SMILES string of the molecule is CN(c1ccc(N2CC(O)C2)cc1)c1ccc2c(c1)OCC[C@H]2CNc1cnccc1C(=O)O. The van der Waals surface area contributed by atoms with Gasteiger partial charge < -0.3 is 30.1 Å². The Hall–Kier alpha value is -3.78. The van der Waals surface area contributed by atoms with Crippen molar-refractivity contribution < 1.29 is 19.7 Å². The summed E-state index contributed by atoms with van der Waals surface area (Å²) in [7, 11) is 2.03. The van der Waals surface area contributed by atoms with Crippen molar-refractivity contribution in [1.29, 1.82) is 0 Å². The van der Waals surface area contributed by atoms with Gasteiger partial charge in [0.15, 0.2) is 0 Å². The largest absolute Gasteiger partial charge is 0.493 e. The molecule has 0 amide bonds. The Balaban J connectivity index is 1.29. The Kier molecular flexibility index (Phi) is 5.98. The fraction of sp³-hybridized carbons (Fsp3) is 0.308. The summed E-state index contributed by atoms with van der Waals surface area (Å²) >= 11 is 0. The molecule has 1 aromatic heterocycles. The number of fused-ring (bicyclic) bond motifs is 1. The molecule has 0 aliphatic carbocycles. The Morgan fingerprint density at radius 2 is 1.94 bits per heavy atom. The summed E-state index contributed by atoms with van der Waals surface area (Å²) in [5.74, 6) is 0.0924. The maximum Gasteiger partial charge on any atom is 0.337 e. The number of hydrogen-bond donors (Lipinski definition) is 3. The number of aromatic nitrogens is 1. The molecule has 8 heteroatoms. The predicted octanol–water partition coefficient (Wildman–Crippen LogP) is 3.71. The van der Waals surface area contributed by atoms with E-state index in [4.69, 9.17) is 4.74 Å². The first-order valence-electron chi connectivity index (χ1n) is 11.4. The number of benzene rings is 2. The molecule has 0 saturated carbocycles. The van der Waals surface area contributed by atoms with Crippen molar-refractivity contribution in [3.8, 4) is 5.75 Å². The Bertz CT molecular complexity index is 1180. The second kappa shape index (κ2) is 9.23. The van der Waals surface area contributed by atoms with Gasteiger partial charge in [-0.15, -0.1) is 0 Å². The van der Waals surface area contributed by atoms with Crippen molar-refractivity contribution in [2.24, 2.45) is 0 Å². The van der Waals surface area contributed by atoms with Crippen LogP contribution in [0.25, 0.3) is 0 Å². The van der Waals surface area contributed by atoms with Gasteiger partial charge in [-0.2, -0.15) is 0 Å². The zero-order chi connectivity index (χ0) is 23.7. The first kappa shape index (κ1) is 22.0. The molecular weight excluding hydrogens is 432 g/mol. The van der Waals surface area contributed by atoms with Gasteiger partial charge in [0.2, 0.25) is 0 Å². The average molecular weight is 461 g/mol. The van der Waals surface area contributed by atoms with Gasteiger partial charge in [-0.25, -0.2) is 4.79 Å². The number of rotatable bonds is 7. The van der Waals surface area contributed by atoms with Crippen LogP contribution >= 0.6 is 0 Å². The fourth-order valence-corrected chi connectivity index (χ4v) is 4.53. The normalized spacial score (nSPS) is 17.4. The Morgan fingerprint density at radius 1 is 1.18 bits per heavy atom. The summed E-state index contributed by atoms with van der Waals surface area (Å²) in [4.78, 5) is 19.8. The van der Waals surface area contributed by atoms with Gasteiger partial charge in [0, 0.05) is 61.9 Å². The van der Waals surface area contributed by atoms with E-state index in [9.17, 15) is 15.0 Å². The van der Waals surface area contributed by atoms with Crippen LogP contribution in [0.5, 0.6) is 5.75 Å². The first-order valence-corrected chi connectivity index (χ1v) is 11.4. The van der Waals surface area contributed by atoms with Gasteiger partial charge in [-0.1, -0.05) is 6.07 Å². The number of anilines is 4. The number of aliphatic hydroxyl groups excluding tert-OH is 1. The quantitative estimate of drug-likeness (QED) is 0.491. The van der Waals surface area contributed by atoms with Crippen LogP contribution in [0.15, 0.2) is 60.9 Å². The third kappa shape index (κ3) is 4.36. The summed E-state index contributed by atoms with van der Waals surface area (Å²) in [6, 6.07) is 16.1. The third-order valence-electron chi connectivity index (χ3n) is 6.60. The lowest BCUT2D eigenvalue weighted by Crippen LogP contribution is -2.50. The molecule has 2 aliphatic heterocycles. The van der Waals surface area contributed by atoms with Crippen LogP contribution in [0.3, 0.4) is 0 Å². The van der Waals surface area contributed by atoms with E-state index >= 15 is 0 Å². The van der Waals surface area contributed by atoms with Crippen LogP contribution in [0, 0.1) is 0 Å². The van der Waals surface area contributed by atoms with E-state index in [1.54, 1.807) is 6.20 Å². The number of carboxylic acid groups (broad SMARTS) is 1. The molecule has 3 N–H and O–H groups in total. The molecule has 176 valence electrons. The minimum absolute atomic E-state index is 0.205. The number of β-amino-alcohol motifs (C(OH)–C–C–N with tert-alkyl or cyclic N) is 1. The second-order valence-electron chi connectivity index (χ2n) is 8.80. The summed E-state index contributed by atoms with van der Waals surface area (Å²) in [6.07, 6.45) is 3.67. The molecule has 5 rings (SSSR count). The minimum Gasteiger partial charge on any atom is -0.493 e. The van der Waals surface area contributed by atoms with Crippen molar-refractivity contribution in [1.82, 2.24) is 4.98 Å². The molecule has 2 aromatic carbocycles. The van der Waals surface area contributed by atoms with E-state index in [-0.39, 0.29) is 17.6 Å². The number of pyridine rings is 1. The van der Waals surface area contributed by atoms with Gasteiger partial charge >= 0.3 is 5.97 Å². The van der Waals surface area contributed by atoms with Crippen LogP contribution in [0.2, 0.25) is 0 Å². The van der Waals surface area contributed by atoms with Crippen LogP contribution < -0.4 is 19.9 Å². The number of ether oxygens (including phenoxy) is 1. The van der Waals surface area contributed by atoms with Crippen molar-refractivity contribution in [2.45, 2.75) is 18.4 Å². The van der Waals surface area contributed by atoms with Crippen LogP contribution in [-0.2, 0) is 0 Å². The predicted molar refractivity (Wildman–Crippen MR) is 132 cm³/mol. The molecule has 0 spiro atoms. The standard InChI is InChI=1S/C26H28N4O4/c1-29(18-2-4-19(5-3-18)30-15-21(31)16-30)20-6-7-22-17(9-11-34-25(22)12-20)13-28-24-14-27-10-8-23(24)26(32)33/h2-8,10,12,14,17,21,28,31H,9,11,13,15-16H2,1H3,(H,32,33)/t17-/m0/s1. The van der Waals surface area contributed by atoms with E-state index in [0.29, 0.717) is 31.9 Å². The van der Waals surface area contributed by atoms with Crippen molar-refractivity contribution in [2.75, 3.05) is 48.4 Å². The number of carboxylic acids is 1. The average Bonchev–Trinajstić information content (AvgIpc) is 2.85. The van der Waals surface area contributed by atoms with Gasteiger partial charge in [-0.05, 0) is 48.4 Å². The second-order valence-corrected chi connectivity index (χ2v) is 8.80. The zero-order valence-electron chi connectivity index (χ0n) is 19.0. The van der Waals surface area contributed by atoms with Crippen LogP contribution in [0.1, 0.15) is 28.3 Å². The van der Waals surface area contributed by atoms with Crippen LogP contribution in [0.4, 0.5) is 22.7 Å². The number of hydrogen-bond acceptors (Lipinski definition) is 7. The molecule has 34 heavy (non-hydrogen) atoms. The minimum atomic E-state index is -0.972. The van der Waals surface area contributed by atoms with Gasteiger partial charge in [0.05, 0.1) is 30.2 Å². The molecule has 0 bridgehead atoms. The molecule has 8 nitrogen and oxygen atoms in total. The van der Waals surface area contributed by atoms with E-state index < -0.39 is 5.97 Å². The highest BCUT2D eigenvalue weighted by molar-refractivity contribution is 5.93. The van der Waals surface area contributed by atoms with E-state index in [1.165, 1.54) is 12.3 Å². The molecule has 0 radical (unpaired) electrons. The third-order valence-corrected chi connectivity index (χ3v) is 6.60. The molecule has 2 aliphatic rings. The van der Waals surface area contributed by atoms with Crippen molar-refractivity contribution in [3.05, 3.63) is 72.1 Å². The highest BCUT2D eigenvalue weighted by Crippen LogP contribution is 2.38. The van der Waals surface area contributed by atoms with Crippen molar-refractivity contribution >= 4 is 28.7 Å². The molecule has 1 saturated heterocycles. The molecule has 1 atom stereocenters. The first-order chi connectivity index (χ1) is 16.5. The number of carbonyl (C=O) groups is 1. The highest BCUT2D eigenvalue weighted by atomic mass is 16.5. The lowest BCUT2D eigenvalue weighted by Gasteiger charge is -2.38. The molecular formula is C26H28N4O4. The van der Waals surface area contributed by atoms with Crippen LogP contribution in [-0.4, -0.2) is 60.6 Å². The molecule has 1 fully saturated rings. The van der Waals surface area contributed by atoms with E-state index in [0.717, 1.165) is 34.8 Å². The summed E-state index contributed by atoms with van der Waals surface area (Å²) in [6.45, 7) is 2.59. The van der Waals surface area contributed by atoms with E-state index in [1.807, 2.05) is 7.05 Å². The number of aliphatic hydroxyl groups is 1. The number of nitrogens with zero attached hydrogens (tertiary/aromatic N) is 3. The number of aromatic carboxylic acids is 1. The maximum absolute atomic E-state index is 11.5. The molecule has 3 aromatic rings. The van der Waals surface area contributed by atoms with Gasteiger partial charge in [-0.3, -0.25) is 4.98 Å². The smallest absolute Gasteiger partial charge is 0.337 e. The lowest BCUT2D eigenvalue weighted by atomic mass is 9.92. The Morgan fingerprint density at radius 3 is 2.68 bits per heavy atom. The topological polar surface area (TPSA) is 98.2 Å². The van der Waals surface area contributed by atoms with Gasteiger partial charge in [0.25, 0.3) is 0 Å². The Labute approximate surface area is 198 Å². The highest BCUT2D eigenvalue weighted by Gasteiger charge is 2.25. The summed E-state index contributed by atoms with van der Waals surface area (Å²) < 4.78 is 5.99.